The third-order valence-electron chi connectivity index (χ3n) is 3.00. The van der Waals surface area contributed by atoms with Crippen LogP contribution in [-0.4, -0.2) is 11.2 Å². The molecule has 0 aliphatic heterocycles. The molecule has 3 aromatic rings. The highest BCUT2D eigenvalue weighted by molar-refractivity contribution is 6.30. The van der Waals surface area contributed by atoms with Crippen LogP contribution in [0.3, 0.4) is 0 Å². The molecule has 0 aliphatic rings. The van der Waals surface area contributed by atoms with Crippen LogP contribution >= 0.6 is 11.6 Å². The fourth-order valence-corrected chi connectivity index (χ4v) is 2.02. The zero-order chi connectivity index (χ0) is 16.1. The molecular weight excluding hydrogens is 312 g/mol. The number of anilines is 1. The number of nitrogens with zero attached hydrogens (tertiary/aromatic N) is 3. The summed E-state index contributed by atoms with van der Waals surface area (Å²) in [5, 5.41) is 13.9. The molecule has 0 bridgehead atoms. The van der Waals surface area contributed by atoms with E-state index in [1.54, 1.807) is 18.3 Å². The average molecular weight is 323 g/mol. The Balaban J connectivity index is 1.79. The molecule has 0 saturated carbocycles. The number of nitrogens with one attached hydrogen (secondary N) is 1. The summed E-state index contributed by atoms with van der Waals surface area (Å²) in [7, 11) is 0. The maximum atomic E-state index is 9.15. The minimum atomic E-state index is 0.150. The minimum Gasteiger partial charge on any atom is -0.417 e. The van der Waals surface area contributed by atoms with E-state index in [2.05, 4.69) is 15.5 Å². The Bertz CT molecular complexity index is 864. The van der Waals surface area contributed by atoms with Crippen molar-refractivity contribution in [2.24, 2.45) is 5.10 Å². The van der Waals surface area contributed by atoms with E-state index in [1.165, 1.54) is 0 Å². The van der Waals surface area contributed by atoms with Crippen LogP contribution in [-0.2, 0) is 0 Å². The Kier molecular flexibility index (Phi) is 4.37. The predicted octanol–water partition coefficient (Wildman–Crippen LogP) is 4.31. The van der Waals surface area contributed by atoms with Crippen LogP contribution < -0.4 is 5.43 Å². The highest BCUT2D eigenvalue weighted by Crippen LogP contribution is 2.24. The van der Waals surface area contributed by atoms with Gasteiger partial charge in [-0.3, -0.25) is 0 Å². The van der Waals surface area contributed by atoms with Crippen molar-refractivity contribution in [2.75, 3.05) is 5.43 Å². The monoisotopic (exact) mass is 322 g/mol. The molecule has 0 fully saturated rings. The number of hydrogen-bond acceptors (Lipinski definition) is 5. The number of hydrazone groups is 1. The van der Waals surface area contributed by atoms with Crippen molar-refractivity contribution in [3.8, 4) is 17.5 Å². The molecule has 23 heavy (non-hydrogen) atoms. The van der Waals surface area contributed by atoms with Crippen LogP contribution in [0.1, 0.15) is 11.3 Å². The second-order valence-electron chi connectivity index (χ2n) is 4.60. The molecule has 0 saturated heterocycles. The van der Waals surface area contributed by atoms with Gasteiger partial charge in [0.05, 0.1) is 6.21 Å². The summed E-state index contributed by atoms with van der Waals surface area (Å²) in [6, 6.07) is 18.5. The Labute approximate surface area is 137 Å². The maximum Gasteiger partial charge on any atom is 0.252 e. The number of nitriles is 1. The van der Waals surface area contributed by atoms with Crippen molar-refractivity contribution in [3.63, 3.8) is 0 Å². The van der Waals surface area contributed by atoms with Crippen molar-refractivity contribution in [1.82, 2.24) is 4.98 Å². The summed E-state index contributed by atoms with van der Waals surface area (Å²) in [5.74, 6) is 0.572. The number of rotatable bonds is 4. The number of hydrogen-bond donors (Lipinski definition) is 1. The smallest absolute Gasteiger partial charge is 0.252 e. The first-order valence-electron chi connectivity index (χ1n) is 6.77. The van der Waals surface area contributed by atoms with E-state index in [9.17, 15) is 0 Å². The van der Waals surface area contributed by atoms with Crippen LogP contribution in [0, 0.1) is 11.3 Å². The summed E-state index contributed by atoms with van der Waals surface area (Å²) in [6.07, 6.45) is 1.60. The SMILES string of the molecule is N#Cc1nc(-c2ccccc2)oc1N/N=C/c1ccc(Cl)cc1. The second-order valence-corrected chi connectivity index (χ2v) is 5.03. The molecule has 1 aromatic heterocycles. The zero-order valence-electron chi connectivity index (χ0n) is 11.9. The summed E-state index contributed by atoms with van der Waals surface area (Å²) >= 11 is 5.82. The largest absolute Gasteiger partial charge is 0.417 e. The van der Waals surface area contributed by atoms with E-state index in [1.807, 2.05) is 48.5 Å². The maximum absolute atomic E-state index is 9.15. The quantitative estimate of drug-likeness (QED) is 0.573. The Morgan fingerprint density at radius 1 is 1.13 bits per heavy atom. The van der Waals surface area contributed by atoms with E-state index in [4.69, 9.17) is 21.3 Å². The summed E-state index contributed by atoms with van der Waals surface area (Å²) in [6.45, 7) is 0. The normalized spacial score (nSPS) is 10.6. The molecule has 2 aromatic carbocycles. The van der Waals surface area contributed by atoms with Gasteiger partial charge in [0.25, 0.3) is 5.88 Å². The van der Waals surface area contributed by atoms with Crippen molar-refractivity contribution >= 4 is 23.7 Å². The van der Waals surface area contributed by atoms with Gasteiger partial charge >= 0.3 is 0 Å². The minimum absolute atomic E-state index is 0.150. The molecule has 6 heteroatoms. The molecule has 1 heterocycles. The number of aromatic nitrogens is 1. The van der Waals surface area contributed by atoms with Gasteiger partial charge in [-0.1, -0.05) is 41.9 Å². The Hall–Kier alpha value is -3.10. The molecule has 1 N–H and O–H groups in total. The number of benzene rings is 2. The van der Waals surface area contributed by atoms with Crippen molar-refractivity contribution in [2.45, 2.75) is 0 Å². The van der Waals surface area contributed by atoms with Crippen LogP contribution in [0.15, 0.2) is 64.1 Å². The molecular formula is C17H11ClN4O. The van der Waals surface area contributed by atoms with E-state index in [0.717, 1.165) is 11.1 Å². The lowest BCUT2D eigenvalue weighted by Crippen LogP contribution is -1.91. The van der Waals surface area contributed by atoms with E-state index in [0.29, 0.717) is 10.9 Å². The van der Waals surface area contributed by atoms with Gasteiger partial charge in [-0.25, -0.2) is 5.43 Å². The Morgan fingerprint density at radius 2 is 1.87 bits per heavy atom. The zero-order valence-corrected chi connectivity index (χ0v) is 12.7. The van der Waals surface area contributed by atoms with Gasteiger partial charge in [0.1, 0.15) is 6.07 Å². The fourth-order valence-electron chi connectivity index (χ4n) is 1.89. The predicted molar refractivity (Wildman–Crippen MR) is 89.3 cm³/mol. The topological polar surface area (TPSA) is 74.2 Å². The van der Waals surface area contributed by atoms with E-state index >= 15 is 0 Å². The van der Waals surface area contributed by atoms with Crippen molar-refractivity contribution in [1.29, 1.82) is 5.26 Å². The summed E-state index contributed by atoms with van der Waals surface area (Å²) in [4.78, 5) is 4.15. The summed E-state index contributed by atoms with van der Waals surface area (Å²) < 4.78 is 5.57. The number of oxazole rings is 1. The molecule has 0 amide bonds. The fraction of sp³-hybridized carbons (Fsp3) is 0. The number of halogens is 1. The van der Waals surface area contributed by atoms with Gasteiger partial charge in [0.2, 0.25) is 11.6 Å². The van der Waals surface area contributed by atoms with Gasteiger partial charge in [-0.05, 0) is 29.8 Å². The molecule has 3 rings (SSSR count). The van der Waals surface area contributed by atoms with Crippen LogP contribution in [0.4, 0.5) is 5.88 Å². The summed E-state index contributed by atoms with van der Waals surface area (Å²) in [5.41, 5.74) is 4.51. The molecule has 0 atom stereocenters. The van der Waals surface area contributed by atoms with E-state index in [-0.39, 0.29) is 11.6 Å². The first kappa shape index (κ1) is 14.8. The molecule has 0 unspecified atom stereocenters. The van der Waals surface area contributed by atoms with Gasteiger partial charge < -0.3 is 4.42 Å². The standard InChI is InChI=1S/C17H11ClN4O/c18-14-8-6-12(7-9-14)11-20-22-17-15(10-19)21-16(23-17)13-4-2-1-3-5-13/h1-9,11,22H/b20-11+. The van der Waals surface area contributed by atoms with Gasteiger partial charge in [0.15, 0.2) is 0 Å². The first-order chi connectivity index (χ1) is 11.3. The lowest BCUT2D eigenvalue weighted by Gasteiger charge is -1.96. The molecule has 112 valence electrons. The van der Waals surface area contributed by atoms with Crippen LogP contribution in [0.25, 0.3) is 11.5 Å². The average Bonchev–Trinajstić information content (AvgIpc) is 3.01. The van der Waals surface area contributed by atoms with Gasteiger partial charge in [-0.15, -0.1) is 0 Å². The lowest BCUT2D eigenvalue weighted by molar-refractivity contribution is 0.587. The Morgan fingerprint density at radius 3 is 2.57 bits per heavy atom. The third kappa shape index (κ3) is 3.57. The molecule has 0 spiro atoms. The molecule has 0 radical (unpaired) electrons. The molecule has 5 nitrogen and oxygen atoms in total. The van der Waals surface area contributed by atoms with Crippen molar-refractivity contribution in [3.05, 3.63) is 70.9 Å². The highest BCUT2D eigenvalue weighted by atomic mass is 35.5. The van der Waals surface area contributed by atoms with Gasteiger partial charge in [0, 0.05) is 10.6 Å². The van der Waals surface area contributed by atoms with Gasteiger partial charge in [-0.2, -0.15) is 15.3 Å². The van der Waals surface area contributed by atoms with E-state index < -0.39 is 0 Å². The van der Waals surface area contributed by atoms with Crippen molar-refractivity contribution < 1.29 is 4.42 Å². The highest BCUT2D eigenvalue weighted by Gasteiger charge is 2.13. The van der Waals surface area contributed by atoms with Crippen LogP contribution in [0.2, 0.25) is 5.02 Å². The third-order valence-corrected chi connectivity index (χ3v) is 3.26. The second kappa shape index (κ2) is 6.77. The first-order valence-corrected chi connectivity index (χ1v) is 7.15. The van der Waals surface area contributed by atoms with Crippen LogP contribution in [0.5, 0.6) is 0 Å². The lowest BCUT2D eigenvalue weighted by atomic mass is 10.2. The molecule has 0 aliphatic carbocycles.